The molecular formula is C6H13NOS2. The zero-order chi connectivity index (χ0) is 7.82. The molecule has 0 rings (SSSR count). The van der Waals surface area contributed by atoms with Crippen molar-refractivity contribution >= 4 is 29.2 Å². The number of hydrogen-bond donors (Lipinski definition) is 1. The van der Waals surface area contributed by atoms with Crippen molar-refractivity contribution in [2.45, 2.75) is 6.42 Å². The summed E-state index contributed by atoms with van der Waals surface area (Å²) < 4.78 is 4.74. The van der Waals surface area contributed by atoms with Crippen LogP contribution in [0.15, 0.2) is 0 Å². The summed E-state index contributed by atoms with van der Waals surface area (Å²) in [5.41, 5.74) is 0. The van der Waals surface area contributed by atoms with Crippen LogP contribution in [0, 0.1) is 0 Å². The van der Waals surface area contributed by atoms with Crippen molar-refractivity contribution in [3.05, 3.63) is 0 Å². The molecule has 1 N–H and O–H groups in total. The third-order valence-corrected chi connectivity index (χ3v) is 1.99. The van der Waals surface area contributed by atoms with Crippen LogP contribution in [-0.4, -0.2) is 30.8 Å². The Kier molecular flexibility index (Phi) is 7.18. The van der Waals surface area contributed by atoms with E-state index in [0.29, 0.717) is 5.17 Å². The Hall–Kier alpha value is 0.0400. The molecule has 0 spiro atoms. The van der Waals surface area contributed by atoms with Crippen LogP contribution in [0.25, 0.3) is 0 Å². The molecular weight excluding hydrogens is 166 g/mol. The van der Waals surface area contributed by atoms with E-state index < -0.39 is 0 Å². The van der Waals surface area contributed by atoms with Gasteiger partial charge in [0.1, 0.15) is 0 Å². The molecule has 0 aliphatic rings. The minimum atomic E-state index is 0.487. The maximum Gasteiger partial charge on any atom is 0.256 e. The summed E-state index contributed by atoms with van der Waals surface area (Å²) in [5.74, 6) is 1.17. The Labute approximate surface area is 71.7 Å². The average molecular weight is 179 g/mol. The van der Waals surface area contributed by atoms with E-state index >= 15 is 0 Å². The number of methoxy groups -OCH3 is 1. The van der Waals surface area contributed by atoms with Crippen LogP contribution in [-0.2, 0) is 4.74 Å². The number of rotatable bonds is 4. The third kappa shape index (κ3) is 6.16. The molecule has 0 aromatic rings. The second-order valence-corrected chi connectivity index (χ2v) is 3.12. The Bertz CT molecular complexity index is 97.7. The van der Waals surface area contributed by atoms with Crippen LogP contribution >= 0.6 is 24.0 Å². The van der Waals surface area contributed by atoms with Crippen molar-refractivity contribution in [2.75, 3.05) is 25.7 Å². The maximum atomic E-state index is 4.76. The van der Waals surface area contributed by atoms with Gasteiger partial charge >= 0.3 is 0 Å². The Balaban J connectivity index is 2.96. The fourth-order valence-electron chi connectivity index (χ4n) is 0.479. The average Bonchev–Trinajstić information content (AvgIpc) is 1.98. The van der Waals surface area contributed by atoms with Crippen molar-refractivity contribution in [3.8, 4) is 0 Å². The minimum Gasteiger partial charge on any atom is -0.474 e. The standard InChI is InChI=1S/C6H13NOS2/c1-8-6(9)7-4-3-5-10-2/h3-5H2,1-2H3,(H,7,9). The van der Waals surface area contributed by atoms with Crippen LogP contribution in [0.3, 0.4) is 0 Å². The first-order valence-corrected chi connectivity index (χ1v) is 4.92. The lowest BCUT2D eigenvalue weighted by Crippen LogP contribution is -2.23. The molecule has 0 heterocycles. The molecule has 0 aromatic carbocycles. The first-order valence-electron chi connectivity index (χ1n) is 3.12. The summed E-state index contributed by atoms with van der Waals surface area (Å²) in [7, 11) is 1.57. The van der Waals surface area contributed by atoms with Gasteiger partial charge in [-0.15, -0.1) is 0 Å². The number of ether oxygens (including phenoxy) is 1. The lowest BCUT2D eigenvalue weighted by atomic mass is 10.5. The number of nitrogens with one attached hydrogen (secondary N) is 1. The number of hydrogen-bond acceptors (Lipinski definition) is 3. The maximum absolute atomic E-state index is 4.76. The SMILES string of the molecule is COC(=S)NCCCSC. The predicted octanol–water partition coefficient (Wildman–Crippen LogP) is 1.26. The van der Waals surface area contributed by atoms with Gasteiger partial charge in [0.15, 0.2) is 0 Å². The highest BCUT2D eigenvalue weighted by Gasteiger charge is 1.90. The van der Waals surface area contributed by atoms with Gasteiger partial charge in [0.25, 0.3) is 5.17 Å². The van der Waals surface area contributed by atoms with E-state index in [0.717, 1.165) is 13.0 Å². The van der Waals surface area contributed by atoms with Gasteiger partial charge in [0, 0.05) is 6.54 Å². The van der Waals surface area contributed by atoms with Gasteiger partial charge in [0.2, 0.25) is 0 Å². The van der Waals surface area contributed by atoms with Crippen LogP contribution < -0.4 is 5.32 Å². The van der Waals surface area contributed by atoms with Gasteiger partial charge in [-0.25, -0.2) is 0 Å². The van der Waals surface area contributed by atoms with Gasteiger partial charge in [-0.1, -0.05) is 0 Å². The molecule has 0 aromatic heterocycles. The van der Waals surface area contributed by atoms with Gasteiger partial charge in [0.05, 0.1) is 7.11 Å². The van der Waals surface area contributed by atoms with Crippen molar-refractivity contribution in [2.24, 2.45) is 0 Å². The lowest BCUT2D eigenvalue weighted by Gasteiger charge is -2.03. The summed E-state index contributed by atoms with van der Waals surface area (Å²) in [6.45, 7) is 0.910. The first kappa shape index (κ1) is 10.0. The summed E-state index contributed by atoms with van der Waals surface area (Å²) >= 11 is 6.60. The Morgan fingerprint density at radius 1 is 1.70 bits per heavy atom. The zero-order valence-corrected chi connectivity index (χ0v) is 7.98. The van der Waals surface area contributed by atoms with Crippen LogP contribution in [0.1, 0.15) is 6.42 Å². The largest absolute Gasteiger partial charge is 0.474 e. The molecule has 0 unspecified atom stereocenters. The topological polar surface area (TPSA) is 21.3 Å². The van der Waals surface area contributed by atoms with Crippen molar-refractivity contribution in [1.29, 1.82) is 0 Å². The molecule has 0 amide bonds. The predicted molar refractivity (Wildman–Crippen MR) is 50.6 cm³/mol. The van der Waals surface area contributed by atoms with Gasteiger partial charge < -0.3 is 10.1 Å². The van der Waals surface area contributed by atoms with Crippen LogP contribution in [0.2, 0.25) is 0 Å². The summed E-state index contributed by atoms with van der Waals surface area (Å²) in [4.78, 5) is 0. The van der Waals surface area contributed by atoms with Gasteiger partial charge in [-0.2, -0.15) is 11.8 Å². The zero-order valence-electron chi connectivity index (χ0n) is 6.35. The summed E-state index contributed by atoms with van der Waals surface area (Å²) in [6.07, 6.45) is 3.22. The monoisotopic (exact) mass is 179 g/mol. The number of thiocarbonyl (C=S) groups is 1. The molecule has 0 atom stereocenters. The van der Waals surface area contributed by atoms with Crippen LogP contribution in [0.4, 0.5) is 0 Å². The Morgan fingerprint density at radius 2 is 2.40 bits per heavy atom. The highest BCUT2D eigenvalue weighted by atomic mass is 32.2. The van der Waals surface area contributed by atoms with Crippen LogP contribution in [0.5, 0.6) is 0 Å². The van der Waals surface area contributed by atoms with E-state index in [2.05, 4.69) is 11.6 Å². The third-order valence-electron chi connectivity index (χ3n) is 0.980. The van der Waals surface area contributed by atoms with E-state index in [1.807, 2.05) is 11.8 Å². The van der Waals surface area contributed by atoms with Crippen molar-refractivity contribution < 1.29 is 4.74 Å². The van der Waals surface area contributed by atoms with E-state index in [4.69, 9.17) is 17.0 Å². The van der Waals surface area contributed by atoms with E-state index in [1.54, 1.807) is 7.11 Å². The normalized spacial score (nSPS) is 9.00. The van der Waals surface area contributed by atoms with Gasteiger partial charge in [-0.05, 0) is 30.6 Å². The Morgan fingerprint density at radius 3 is 2.90 bits per heavy atom. The molecule has 0 saturated carbocycles. The minimum absolute atomic E-state index is 0.487. The highest BCUT2D eigenvalue weighted by Crippen LogP contribution is 1.93. The molecule has 4 heteroatoms. The second-order valence-electron chi connectivity index (χ2n) is 1.76. The first-order chi connectivity index (χ1) is 4.81. The highest BCUT2D eigenvalue weighted by molar-refractivity contribution is 7.98. The fraction of sp³-hybridized carbons (Fsp3) is 0.833. The second kappa shape index (κ2) is 7.15. The summed E-state index contributed by atoms with van der Waals surface area (Å²) in [5, 5.41) is 3.45. The van der Waals surface area contributed by atoms with E-state index in [9.17, 15) is 0 Å². The van der Waals surface area contributed by atoms with E-state index in [1.165, 1.54) is 5.75 Å². The molecule has 60 valence electrons. The van der Waals surface area contributed by atoms with E-state index in [-0.39, 0.29) is 0 Å². The molecule has 0 aliphatic heterocycles. The number of thioether (sulfide) groups is 1. The molecule has 0 saturated heterocycles. The quantitative estimate of drug-likeness (QED) is 0.518. The lowest BCUT2D eigenvalue weighted by molar-refractivity contribution is 0.393. The molecule has 0 radical (unpaired) electrons. The van der Waals surface area contributed by atoms with Crippen molar-refractivity contribution in [1.82, 2.24) is 5.32 Å². The molecule has 0 fully saturated rings. The molecule has 2 nitrogen and oxygen atoms in total. The fourth-order valence-corrected chi connectivity index (χ4v) is 1.01. The van der Waals surface area contributed by atoms with Gasteiger partial charge in [-0.3, -0.25) is 0 Å². The summed E-state index contributed by atoms with van der Waals surface area (Å²) in [6, 6.07) is 0. The smallest absolute Gasteiger partial charge is 0.256 e. The van der Waals surface area contributed by atoms with Crippen molar-refractivity contribution in [3.63, 3.8) is 0 Å². The molecule has 10 heavy (non-hydrogen) atoms. The molecule has 0 bridgehead atoms. The molecule has 0 aliphatic carbocycles.